The number of aromatic carboxylic acids is 2. The minimum atomic E-state index is -1.49. The highest BCUT2D eigenvalue weighted by Gasteiger charge is 2.28. The van der Waals surface area contributed by atoms with E-state index in [9.17, 15) is 19.9 Å². The normalized spacial score (nSPS) is 10.5. The second kappa shape index (κ2) is 5.82. The molecule has 8 heteroatoms. The van der Waals surface area contributed by atoms with Gasteiger partial charge in [-0.25, -0.2) is 9.59 Å². The number of nitrogens with zero attached hydrogens (tertiary/aromatic N) is 1. The topological polar surface area (TPSA) is 102 Å². The third-order valence-corrected chi connectivity index (χ3v) is 3.83. The highest BCUT2D eigenvalue weighted by atomic mass is 35.5. The van der Waals surface area contributed by atoms with Gasteiger partial charge in [0.05, 0.1) is 15.6 Å². The average molecular weight is 342 g/mol. The summed E-state index contributed by atoms with van der Waals surface area (Å²) in [5.41, 5.74) is -0.955. The Morgan fingerprint density at radius 3 is 2.23 bits per heavy atom. The van der Waals surface area contributed by atoms with E-state index in [1.54, 1.807) is 0 Å². The van der Waals surface area contributed by atoms with Crippen molar-refractivity contribution >= 4 is 35.1 Å². The molecule has 0 bridgehead atoms. The molecule has 22 heavy (non-hydrogen) atoms. The molecule has 0 atom stereocenters. The van der Waals surface area contributed by atoms with Gasteiger partial charge in [0.15, 0.2) is 0 Å². The van der Waals surface area contributed by atoms with Crippen LogP contribution in [0.25, 0.3) is 11.3 Å². The zero-order valence-corrected chi connectivity index (χ0v) is 12.6. The Hall–Kier alpha value is -2.31. The van der Waals surface area contributed by atoms with Gasteiger partial charge in [0, 0.05) is 18.6 Å². The van der Waals surface area contributed by atoms with Gasteiger partial charge < -0.3 is 15.4 Å². The second-order valence-electron chi connectivity index (χ2n) is 4.44. The van der Waals surface area contributed by atoms with Gasteiger partial charge in [-0.05, 0) is 18.2 Å². The quantitative estimate of drug-likeness (QED) is 0.659. The van der Waals surface area contributed by atoms with Crippen LogP contribution in [0.2, 0.25) is 10.0 Å². The van der Waals surface area contributed by atoms with E-state index in [0.717, 1.165) is 6.07 Å². The first kappa shape index (κ1) is 16.1. The number of rotatable bonds is 3. The molecule has 0 aliphatic rings. The molecule has 0 radical (unpaired) electrons. The van der Waals surface area contributed by atoms with Crippen molar-refractivity contribution in [1.82, 2.24) is 0 Å². The maximum atomic E-state index is 12.2. The van der Waals surface area contributed by atoms with E-state index in [1.165, 1.54) is 25.1 Å². The number of benzene rings is 1. The fourth-order valence-corrected chi connectivity index (χ4v) is 2.34. The summed E-state index contributed by atoms with van der Waals surface area (Å²) in [6, 6.07) is 5.36. The van der Waals surface area contributed by atoms with Crippen LogP contribution >= 0.6 is 23.2 Å². The van der Waals surface area contributed by atoms with Crippen molar-refractivity contribution in [2.24, 2.45) is 0 Å². The first-order valence-corrected chi connectivity index (χ1v) is 6.68. The molecule has 1 aromatic heterocycles. The molecule has 0 amide bonds. The predicted molar refractivity (Wildman–Crippen MR) is 79.5 cm³/mol. The largest absolute Gasteiger partial charge is 0.618 e. The fourth-order valence-electron chi connectivity index (χ4n) is 2.04. The van der Waals surface area contributed by atoms with Crippen molar-refractivity contribution in [3.63, 3.8) is 0 Å². The van der Waals surface area contributed by atoms with Crippen LogP contribution in [0, 0.1) is 12.1 Å². The van der Waals surface area contributed by atoms with Crippen LogP contribution in [0.5, 0.6) is 0 Å². The summed E-state index contributed by atoms with van der Waals surface area (Å²) in [6.45, 7) is 1.24. The Morgan fingerprint density at radius 1 is 1.09 bits per heavy atom. The zero-order valence-electron chi connectivity index (χ0n) is 11.1. The van der Waals surface area contributed by atoms with Crippen LogP contribution in [-0.4, -0.2) is 22.2 Å². The summed E-state index contributed by atoms with van der Waals surface area (Å²) in [5, 5.41) is 31.0. The van der Waals surface area contributed by atoms with Gasteiger partial charge >= 0.3 is 11.9 Å². The molecule has 0 saturated heterocycles. The van der Waals surface area contributed by atoms with E-state index in [4.69, 9.17) is 28.3 Å². The molecule has 2 rings (SSSR count). The van der Waals surface area contributed by atoms with E-state index in [2.05, 4.69) is 0 Å². The molecule has 0 saturated carbocycles. The zero-order chi connectivity index (χ0) is 16.6. The molecule has 0 spiro atoms. The van der Waals surface area contributed by atoms with Crippen LogP contribution in [0.4, 0.5) is 0 Å². The number of carbonyl (C=O) groups is 2. The van der Waals surface area contributed by atoms with Gasteiger partial charge in [-0.15, -0.1) is 0 Å². The third kappa shape index (κ3) is 2.70. The Kier molecular flexibility index (Phi) is 4.25. The standard InChI is InChI=1S/C14H9Cl2NO5/c1-6-12(14(20)21)8(13(18)19)5-11(17(6)22)7-2-3-9(15)10(16)4-7/h2-5H,1H3,(H,18,19)(H,20,21). The summed E-state index contributed by atoms with van der Waals surface area (Å²) in [6.07, 6.45) is 0. The number of carboxylic acids is 2. The molecule has 1 aromatic carbocycles. The van der Waals surface area contributed by atoms with E-state index in [1.807, 2.05) is 0 Å². The molecular formula is C14H9Cl2NO5. The summed E-state index contributed by atoms with van der Waals surface area (Å²) in [7, 11) is 0. The second-order valence-corrected chi connectivity index (χ2v) is 5.25. The van der Waals surface area contributed by atoms with E-state index >= 15 is 0 Å². The maximum Gasteiger partial charge on any atom is 0.343 e. The van der Waals surface area contributed by atoms with E-state index in [-0.39, 0.29) is 21.4 Å². The minimum absolute atomic E-state index is 0.0292. The highest BCUT2D eigenvalue weighted by Crippen LogP contribution is 2.28. The Bertz CT molecular complexity index is 804. The SMILES string of the molecule is Cc1c(C(=O)O)c(C(=O)O)cc(-c2ccc(Cl)c(Cl)c2)[n+]1[O-]. The lowest BCUT2D eigenvalue weighted by Crippen LogP contribution is -2.36. The van der Waals surface area contributed by atoms with Crippen LogP contribution in [0.15, 0.2) is 24.3 Å². The van der Waals surface area contributed by atoms with E-state index in [0.29, 0.717) is 10.3 Å². The van der Waals surface area contributed by atoms with Gasteiger partial charge in [0.1, 0.15) is 5.56 Å². The van der Waals surface area contributed by atoms with Gasteiger partial charge in [-0.2, -0.15) is 4.73 Å². The summed E-state index contributed by atoms with van der Waals surface area (Å²) < 4.78 is 0.357. The fraction of sp³-hybridized carbons (Fsp3) is 0.0714. The van der Waals surface area contributed by atoms with Crippen molar-refractivity contribution in [3.05, 3.63) is 56.3 Å². The van der Waals surface area contributed by atoms with Gasteiger partial charge in [0.25, 0.3) is 0 Å². The van der Waals surface area contributed by atoms with Crippen molar-refractivity contribution in [1.29, 1.82) is 0 Å². The van der Waals surface area contributed by atoms with Crippen LogP contribution in [-0.2, 0) is 0 Å². The summed E-state index contributed by atoms with van der Waals surface area (Å²) in [5.74, 6) is -2.93. The van der Waals surface area contributed by atoms with Crippen LogP contribution in [0.1, 0.15) is 26.4 Å². The Morgan fingerprint density at radius 2 is 1.73 bits per heavy atom. The smallest absolute Gasteiger partial charge is 0.343 e. The van der Waals surface area contributed by atoms with Gasteiger partial charge in [-0.1, -0.05) is 23.2 Å². The molecule has 6 nitrogen and oxygen atoms in total. The lowest BCUT2D eigenvalue weighted by atomic mass is 10.0. The lowest BCUT2D eigenvalue weighted by molar-refractivity contribution is -0.600. The Balaban J connectivity index is 2.80. The van der Waals surface area contributed by atoms with Crippen molar-refractivity contribution in [2.75, 3.05) is 0 Å². The highest BCUT2D eigenvalue weighted by molar-refractivity contribution is 6.42. The molecule has 0 aliphatic carbocycles. The monoisotopic (exact) mass is 341 g/mol. The summed E-state index contributed by atoms with van der Waals surface area (Å²) >= 11 is 11.7. The molecular weight excluding hydrogens is 333 g/mol. The first-order chi connectivity index (χ1) is 10.2. The van der Waals surface area contributed by atoms with Gasteiger partial charge in [0.2, 0.25) is 11.4 Å². The van der Waals surface area contributed by atoms with Crippen molar-refractivity contribution in [3.8, 4) is 11.3 Å². The first-order valence-electron chi connectivity index (χ1n) is 5.93. The minimum Gasteiger partial charge on any atom is -0.618 e. The number of hydrogen-bond acceptors (Lipinski definition) is 3. The van der Waals surface area contributed by atoms with Crippen LogP contribution in [0.3, 0.4) is 0 Å². The number of aromatic nitrogens is 1. The summed E-state index contributed by atoms with van der Waals surface area (Å²) in [4.78, 5) is 22.5. The molecule has 0 fully saturated rings. The number of halogens is 2. The van der Waals surface area contributed by atoms with Crippen LogP contribution < -0.4 is 4.73 Å². The third-order valence-electron chi connectivity index (χ3n) is 3.10. The number of pyridine rings is 1. The van der Waals surface area contributed by atoms with Crippen molar-refractivity contribution in [2.45, 2.75) is 6.92 Å². The molecule has 2 N–H and O–H groups in total. The Labute approximate surface area is 134 Å². The lowest BCUT2D eigenvalue weighted by Gasteiger charge is -2.12. The van der Waals surface area contributed by atoms with Crippen molar-refractivity contribution < 1.29 is 24.5 Å². The molecule has 0 aliphatic heterocycles. The number of carboxylic acid groups (broad SMARTS) is 2. The molecule has 114 valence electrons. The van der Waals surface area contributed by atoms with Gasteiger partial charge in [-0.3, -0.25) is 0 Å². The molecule has 1 heterocycles. The predicted octanol–water partition coefficient (Wildman–Crippen LogP) is 3.00. The maximum absolute atomic E-state index is 12.2. The molecule has 0 unspecified atom stereocenters. The number of hydrogen-bond donors (Lipinski definition) is 2. The average Bonchev–Trinajstić information content (AvgIpc) is 2.44. The molecule has 2 aromatic rings. The van der Waals surface area contributed by atoms with E-state index < -0.39 is 23.1 Å².